The molecule has 0 saturated heterocycles. The van der Waals surface area contributed by atoms with Crippen molar-refractivity contribution in [3.63, 3.8) is 0 Å². The smallest absolute Gasteiger partial charge is 0.130 e. The molecule has 0 aliphatic carbocycles. The van der Waals surface area contributed by atoms with E-state index in [2.05, 4.69) is 12.0 Å². The molecule has 0 radical (unpaired) electrons. The molecule has 0 aromatic rings. The van der Waals surface area contributed by atoms with E-state index in [1.807, 2.05) is 6.92 Å². The van der Waals surface area contributed by atoms with E-state index in [1.165, 1.54) is 0 Å². The maximum atomic E-state index is 10.9. The molecule has 4 heteroatoms. The summed E-state index contributed by atoms with van der Waals surface area (Å²) in [4.78, 5) is 0. The van der Waals surface area contributed by atoms with Gasteiger partial charge >= 0.3 is 8.18 Å². The summed E-state index contributed by atoms with van der Waals surface area (Å²) in [6, 6.07) is 0. The molecule has 1 unspecified atom stereocenters. The van der Waals surface area contributed by atoms with E-state index in [4.69, 9.17) is 4.52 Å². The van der Waals surface area contributed by atoms with Crippen LogP contribution in [0.15, 0.2) is 0 Å². The first-order valence-corrected chi connectivity index (χ1v) is 5.32. The number of hydrogen-bond donors (Lipinski definition) is 1. The Morgan fingerprint density at radius 1 is 1.36 bits per heavy atom. The predicted octanol–water partition coefficient (Wildman–Crippen LogP) is 2.46. The summed E-state index contributed by atoms with van der Waals surface area (Å²) in [5, 5.41) is 2.78. The molecule has 0 fully saturated rings. The molecule has 0 amide bonds. The minimum atomic E-state index is -1.60. The van der Waals surface area contributed by atoms with Crippen LogP contribution in [0.3, 0.4) is 0 Å². The first-order chi connectivity index (χ1) is 5.31. The van der Waals surface area contributed by atoms with Gasteiger partial charge < -0.3 is 0 Å². The number of unbranched alkanes of at least 4 members (excludes halogenated alkanes) is 1. The van der Waals surface area contributed by atoms with Crippen molar-refractivity contribution in [2.75, 3.05) is 13.2 Å². The summed E-state index contributed by atoms with van der Waals surface area (Å²) >= 11 is 0. The van der Waals surface area contributed by atoms with Gasteiger partial charge in [-0.25, -0.2) is 0 Å². The number of hydrogen-bond acceptors (Lipinski definition) is 2. The molecule has 1 atom stereocenters. The fourth-order valence-electron chi connectivity index (χ4n) is 0.541. The van der Waals surface area contributed by atoms with Gasteiger partial charge in [0.25, 0.3) is 0 Å². The van der Waals surface area contributed by atoms with Crippen LogP contribution in [0.2, 0.25) is 0 Å². The maximum Gasteiger partial charge on any atom is 0.612 e. The Morgan fingerprint density at radius 2 is 2.09 bits per heavy atom. The molecule has 0 saturated carbocycles. The topological polar surface area (TPSA) is 38.3 Å². The molecule has 0 bridgehead atoms. The van der Waals surface area contributed by atoms with Gasteiger partial charge in [-0.3, -0.25) is 0 Å². The van der Waals surface area contributed by atoms with Gasteiger partial charge in [-0.05, 0) is 17.4 Å². The molecule has 3 nitrogen and oxygen atoms in total. The van der Waals surface area contributed by atoms with E-state index < -0.39 is 8.18 Å². The molecule has 0 aliphatic heterocycles. The molecular weight excluding hydrogens is 161 g/mol. The molecule has 0 aliphatic rings. The molecule has 11 heavy (non-hydrogen) atoms. The standard InChI is InChI=1S/C7H17NO2P/c1-3-5-7-10-11(9)8-6-4-2/h3-7H2,1-2H3,(H,8,9)/q+1. The minimum absolute atomic E-state index is 0.600. The lowest BCUT2D eigenvalue weighted by Crippen LogP contribution is -2.05. The second-order valence-electron chi connectivity index (χ2n) is 2.35. The van der Waals surface area contributed by atoms with Crippen LogP contribution in [-0.4, -0.2) is 13.2 Å². The molecule has 1 N–H and O–H groups in total. The summed E-state index contributed by atoms with van der Waals surface area (Å²) < 4.78 is 15.9. The van der Waals surface area contributed by atoms with Crippen LogP contribution in [0.5, 0.6) is 0 Å². The van der Waals surface area contributed by atoms with E-state index in [-0.39, 0.29) is 0 Å². The van der Waals surface area contributed by atoms with Gasteiger partial charge in [-0.1, -0.05) is 25.4 Å². The lowest BCUT2D eigenvalue weighted by molar-refractivity contribution is 0.315. The van der Waals surface area contributed by atoms with Crippen molar-refractivity contribution in [1.29, 1.82) is 0 Å². The van der Waals surface area contributed by atoms with Crippen molar-refractivity contribution >= 4 is 8.18 Å². The third kappa shape index (κ3) is 7.92. The second-order valence-corrected chi connectivity index (χ2v) is 3.44. The number of rotatable bonds is 7. The molecule has 66 valence electrons. The van der Waals surface area contributed by atoms with E-state index >= 15 is 0 Å². The highest BCUT2D eigenvalue weighted by molar-refractivity contribution is 7.36. The zero-order chi connectivity index (χ0) is 8.53. The molecule has 0 aromatic heterocycles. The summed E-state index contributed by atoms with van der Waals surface area (Å²) in [6.07, 6.45) is 3.05. The average Bonchev–Trinajstić information content (AvgIpc) is 2.01. The highest BCUT2D eigenvalue weighted by atomic mass is 31.1. The lowest BCUT2D eigenvalue weighted by Gasteiger charge is -1.89. The first kappa shape index (κ1) is 11.0. The van der Waals surface area contributed by atoms with Crippen LogP contribution in [0, 0.1) is 0 Å². The third-order valence-electron chi connectivity index (χ3n) is 1.20. The Balaban J connectivity index is 3.09. The van der Waals surface area contributed by atoms with Crippen LogP contribution in [0.4, 0.5) is 0 Å². The average molecular weight is 178 g/mol. The monoisotopic (exact) mass is 178 g/mol. The SMILES string of the molecule is CCCCO[P+](=O)NCCC. The summed E-state index contributed by atoms with van der Waals surface area (Å²) in [5.74, 6) is 0. The highest BCUT2D eigenvalue weighted by Crippen LogP contribution is 2.15. The molecule has 0 spiro atoms. The minimum Gasteiger partial charge on any atom is -0.130 e. The van der Waals surface area contributed by atoms with Crippen molar-refractivity contribution in [3.05, 3.63) is 0 Å². The fourth-order valence-corrected chi connectivity index (χ4v) is 1.33. The van der Waals surface area contributed by atoms with Crippen LogP contribution in [-0.2, 0) is 9.09 Å². The number of nitrogens with one attached hydrogen (secondary N) is 1. The second kappa shape index (κ2) is 8.12. The maximum absolute atomic E-state index is 10.9. The van der Waals surface area contributed by atoms with E-state index in [1.54, 1.807) is 0 Å². The Bertz CT molecular complexity index is 109. The Kier molecular flexibility index (Phi) is 8.13. The summed E-state index contributed by atoms with van der Waals surface area (Å²) in [5.41, 5.74) is 0. The van der Waals surface area contributed by atoms with Crippen molar-refractivity contribution in [1.82, 2.24) is 5.09 Å². The Hall–Kier alpha value is 0.0200. The quantitative estimate of drug-likeness (QED) is 0.480. The van der Waals surface area contributed by atoms with Gasteiger partial charge in [0, 0.05) is 6.54 Å². The Morgan fingerprint density at radius 3 is 2.64 bits per heavy atom. The molecular formula is C7H17NO2P+. The normalized spacial score (nSPS) is 11.6. The zero-order valence-corrected chi connectivity index (χ0v) is 8.19. The van der Waals surface area contributed by atoms with E-state index in [0.717, 1.165) is 25.8 Å². The molecule has 0 heterocycles. The van der Waals surface area contributed by atoms with Crippen molar-refractivity contribution < 1.29 is 9.09 Å². The summed E-state index contributed by atoms with van der Waals surface area (Å²) in [6.45, 7) is 5.47. The van der Waals surface area contributed by atoms with Crippen molar-refractivity contribution in [2.45, 2.75) is 33.1 Å². The first-order valence-electron chi connectivity index (χ1n) is 4.15. The lowest BCUT2D eigenvalue weighted by atomic mass is 10.4. The molecule has 0 aromatic carbocycles. The van der Waals surface area contributed by atoms with Crippen molar-refractivity contribution in [3.8, 4) is 0 Å². The van der Waals surface area contributed by atoms with E-state index in [0.29, 0.717) is 6.61 Å². The van der Waals surface area contributed by atoms with Crippen LogP contribution < -0.4 is 5.09 Å². The third-order valence-corrected chi connectivity index (χ3v) is 2.10. The van der Waals surface area contributed by atoms with Crippen LogP contribution >= 0.6 is 8.18 Å². The van der Waals surface area contributed by atoms with Gasteiger partial charge in [0.1, 0.15) is 6.61 Å². The van der Waals surface area contributed by atoms with Gasteiger partial charge in [-0.2, -0.15) is 0 Å². The fraction of sp³-hybridized carbons (Fsp3) is 1.00. The molecule has 0 rings (SSSR count). The van der Waals surface area contributed by atoms with Gasteiger partial charge in [-0.15, -0.1) is 4.52 Å². The zero-order valence-electron chi connectivity index (χ0n) is 7.30. The Labute approximate surface area is 69.4 Å². The van der Waals surface area contributed by atoms with Crippen LogP contribution in [0.25, 0.3) is 0 Å². The predicted molar refractivity (Wildman–Crippen MR) is 46.8 cm³/mol. The summed E-state index contributed by atoms with van der Waals surface area (Å²) in [7, 11) is -1.60. The van der Waals surface area contributed by atoms with Crippen LogP contribution in [0.1, 0.15) is 33.1 Å². The van der Waals surface area contributed by atoms with Gasteiger partial charge in [0.2, 0.25) is 0 Å². The van der Waals surface area contributed by atoms with Crippen molar-refractivity contribution in [2.24, 2.45) is 0 Å². The van der Waals surface area contributed by atoms with Gasteiger partial charge in [0.05, 0.1) is 0 Å². The van der Waals surface area contributed by atoms with E-state index in [9.17, 15) is 4.57 Å². The largest absolute Gasteiger partial charge is 0.612 e. The van der Waals surface area contributed by atoms with Gasteiger partial charge in [0.15, 0.2) is 0 Å². The highest BCUT2D eigenvalue weighted by Gasteiger charge is 2.14.